The molecule has 0 aliphatic carbocycles. The van der Waals surface area contributed by atoms with Crippen molar-refractivity contribution in [2.75, 3.05) is 26.7 Å². The van der Waals surface area contributed by atoms with Crippen LogP contribution in [0.3, 0.4) is 0 Å². The normalized spacial score (nSPS) is 16.7. The Hall–Kier alpha value is -1.79. The average Bonchev–Trinajstić information content (AvgIpc) is 2.61. The molecule has 0 bridgehead atoms. The highest BCUT2D eigenvalue weighted by atomic mass is 35.5. The van der Waals surface area contributed by atoms with Gasteiger partial charge >= 0.3 is 0 Å². The van der Waals surface area contributed by atoms with E-state index in [9.17, 15) is 9.59 Å². The number of likely N-dealkylation sites (tertiary alicyclic amines) is 1. The molecule has 6 nitrogen and oxygen atoms in total. The number of carbonyl (C=O) groups excluding carboxylic acids is 2. The van der Waals surface area contributed by atoms with Gasteiger partial charge in [-0.15, -0.1) is 12.4 Å². The zero-order chi connectivity index (χ0) is 17.4. The summed E-state index contributed by atoms with van der Waals surface area (Å²) in [4.78, 5) is 26.2. The summed E-state index contributed by atoms with van der Waals surface area (Å²) in [5.41, 5.74) is 6.36. The van der Waals surface area contributed by atoms with Crippen molar-refractivity contribution < 1.29 is 14.3 Å². The van der Waals surface area contributed by atoms with Gasteiger partial charge in [0.05, 0.1) is 13.5 Å². The third-order valence-corrected chi connectivity index (χ3v) is 4.37. The lowest BCUT2D eigenvalue weighted by Crippen LogP contribution is -2.50. The molecule has 1 aromatic carbocycles. The fraction of sp³-hybridized carbons (Fsp3) is 0.556. The number of carbonyl (C=O) groups is 2. The van der Waals surface area contributed by atoms with E-state index in [2.05, 4.69) is 5.32 Å². The summed E-state index contributed by atoms with van der Waals surface area (Å²) in [6.45, 7) is 1.61. The predicted octanol–water partition coefficient (Wildman–Crippen LogP) is 1.51. The molecule has 1 fully saturated rings. The zero-order valence-corrected chi connectivity index (χ0v) is 15.5. The van der Waals surface area contributed by atoms with Crippen LogP contribution >= 0.6 is 12.4 Å². The summed E-state index contributed by atoms with van der Waals surface area (Å²) in [7, 11) is 1.62. The molecular weight excluding hydrogens is 342 g/mol. The van der Waals surface area contributed by atoms with E-state index in [4.69, 9.17) is 10.5 Å². The van der Waals surface area contributed by atoms with Crippen LogP contribution in [0.1, 0.15) is 31.2 Å². The van der Waals surface area contributed by atoms with Gasteiger partial charge in [0.1, 0.15) is 5.75 Å². The highest BCUT2D eigenvalue weighted by Gasteiger charge is 2.26. The third-order valence-electron chi connectivity index (χ3n) is 4.37. The molecule has 2 rings (SSSR count). The first kappa shape index (κ1) is 21.3. The van der Waals surface area contributed by atoms with E-state index >= 15 is 0 Å². The lowest BCUT2D eigenvalue weighted by molar-refractivity contribution is -0.134. The molecule has 1 atom stereocenters. The minimum atomic E-state index is -0.0503. The molecule has 1 saturated heterocycles. The van der Waals surface area contributed by atoms with Gasteiger partial charge in [-0.05, 0) is 37.0 Å². The van der Waals surface area contributed by atoms with Crippen LogP contribution in [0.25, 0.3) is 0 Å². The van der Waals surface area contributed by atoms with Crippen LogP contribution < -0.4 is 15.8 Å². The van der Waals surface area contributed by atoms with Gasteiger partial charge in [-0.25, -0.2) is 0 Å². The van der Waals surface area contributed by atoms with Crippen molar-refractivity contribution in [3.05, 3.63) is 29.8 Å². The maximum Gasteiger partial charge on any atom is 0.227 e. The molecule has 3 N–H and O–H groups in total. The van der Waals surface area contributed by atoms with Crippen LogP contribution in [-0.4, -0.2) is 49.5 Å². The summed E-state index contributed by atoms with van der Waals surface area (Å²) in [6.07, 6.45) is 3.73. The van der Waals surface area contributed by atoms with Crippen molar-refractivity contribution in [2.45, 2.75) is 38.1 Å². The summed E-state index contributed by atoms with van der Waals surface area (Å²) >= 11 is 0. The summed E-state index contributed by atoms with van der Waals surface area (Å²) in [5.74, 6) is 0.841. The maximum absolute atomic E-state index is 12.7. The zero-order valence-electron chi connectivity index (χ0n) is 14.7. The van der Waals surface area contributed by atoms with E-state index < -0.39 is 0 Å². The molecule has 7 heteroatoms. The molecule has 1 aromatic rings. The number of nitrogens with zero attached hydrogens (tertiary/aromatic N) is 1. The molecule has 1 unspecified atom stereocenters. The molecule has 140 valence electrons. The van der Waals surface area contributed by atoms with Gasteiger partial charge in [0.15, 0.2) is 0 Å². The Balaban J connectivity index is 0.00000312. The van der Waals surface area contributed by atoms with Crippen LogP contribution in [0.15, 0.2) is 24.3 Å². The second kappa shape index (κ2) is 10.9. The first-order chi connectivity index (χ1) is 11.6. The van der Waals surface area contributed by atoms with Gasteiger partial charge in [-0.1, -0.05) is 12.1 Å². The monoisotopic (exact) mass is 369 g/mol. The second-order valence-electron chi connectivity index (χ2n) is 6.10. The van der Waals surface area contributed by atoms with E-state index in [1.807, 2.05) is 29.2 Å². The van der Waals surface area contributed by atoms with Crippen molar-refractivity contribution in [1.29, 1.82) is 0 Å². The number of piperidine rings is 1. The molecule has 0 spiro atoms. The predicted molar refractivity (Wildman–Crippen MR) is 100.0 cm³/mol. The topological polar surface area (TPSA) is 84.7 Å². The number of hydrogen-bond donors (Lipinski definition) is 2. The maximum atomic E-state index is 12.7. The smallest absolute Gasteiger partial charge is 0.227 e. The second-order valence-corrected chi connectivity index (χ2v) is 6.10. The molecule has 25 heavy (non-hydrogen) atoms. The number of rotatable bonds is 7. The number of halogens is 1. The number of nitrogens with two attached hydrogens (primary N) is 1. The lowest BCUT2D eigenvalue weighted by Gasteiger charge is -2.36. The number of methoxy groups -OCH3 is 1. The summed E-state index contributed by atoms with van der Waals surface area (Å²) in [5, 5.41) is 2.89. The van der Waals surface area contributed by atoms with Gasteiger partial charge in [0.2, 0.25) is 11.8 Å². The molecule has 0 aromatic heterocycles. The molecule has 1 heterocycles. The Kier molecular flexibility index (Phi) is 9.31. The number of amides is 2. The van der Waals surface area contributed by atoms with Gasteiger partial charge < -0.3 is 20.7 Å². The van der Waals surface area contributed by atoms with Crippen LogP contribution in [-0.2, 0) is 16.0 Å². The Labute approximate surface area is 155 Å². The highest BCUT2D eigenvalue weighted by Crippen LogP contribution is 2.19. The van der Waals surface area contributed by atoms with E-state index in [1.165, 1.54) is 0 Å². The minimum absolute atomic E-state index is 0. The average molecular weight is 370 g/mol. The first-order valence-electron chi connectivity index (χ1n) is 8.53. The molecule has 0 saturated carbocycles. The minimum Gasteiger partial charge on any atom is -0.497 e. The van der Waals surface area contributed by atoms with Crippen LogP contribution in [0, 0.1) is 0 Å². The Morgan fingerprint density at radius 1 is 1.28 bits per heavy atom. The Morgan fingerprint density at radius 2 is 2.00 bits per heavy atom. The fourth-order valence-electron chi connectivity index (χ4n) is 3.01. The van der Waals surface area contributed by atoms with Crippen molar-refractivity contribution in [3.63, 3.8) is 0 Å². The van der Waals surface area contributed by atoms with Gasteiger partial charge in [-0.3, -0.25) is 9.59 Å². The molecule has 2 amide bonds. The van der Waals surface area contributed by atoms with Gasteiger partial charge in [0.25, 0.3) is 0 Å². The molecule has 1 aliphatic heterocycles. The first-order valence-corrected chi connectivity index (χ1v) is 8.53. The van der Waals surface area contributed by atoms with Crippen LogP contribution in [0.4, 0.5) is 0 Å². The van der Waals surface area contributed by atoms with Crippen molar-refractivity contribution in [3.8, 4) is 5.75 Å². The van der Waals surface area contributed by atoms with Gasteiger partial charge in [0, 0.05) is 32.1 Å². The van der Waals surface area contributed by atoms with E-state index in [0.29, 0.717) is 25.9 Å². The van der Waals surface area contributed by atoms with Crippen LogP contribution in [0.5, 0.6) is 5.75 Å². The highest BCUT2D eigenvalue weighted by molar-refractivity contribution is 5.85. The Bertz CT molecular complexity index is 551. The Morgan fingerprint density at radius 3 is 2.64 bits per heavy atom. The molecular formula is C18H28ClN3O3. The number of benzene rings is 1. The summed E-state index contributed by atoms with van der Waals surface area (Å²) in [6, 6.07) is 7.63. The fourth-order valence-corrected chi connectivity index (χ4v) is 3.01. The van der Waals surface area contributed by atoms with Crippen LogP contribution in [0.2, 0.25) is 0 Å². The third kappa shape index (κ3) is 6.55. The molecule has 1 aliphatic rings. The van der Waals surface area contributed by atoms with Gasteiger partial charge in [-0.2, -0.15) is 0 Å². The van der Waals surface area contributed by atoms with E-state index in [-0.39, 0.29) is 30.3 Å². The largest absolute Gasteiger partial charge is 0.497 e. The standard InChI is InChI=1S/C18H27N3O3.ClH/c1-24-16-7-5-14(6-8-16)12-18(23)21-11-3-2-4-15(21)13-20-17(22)9-10-19;/h5-8,15H,2-4,9-13,19H2,1H3,(H,20,22);1H. The quantitative estimate of drug-likeness (QED) is 0.762. The SMILES string of the molecule is COc1ccc(CC(=O)N2CCCCC2CNC(=O)CCN)cc1.Cl. The van der Waals surface area contributed by atoms with E-state index in [0.717, 1.165) is 37.1 Å². The summed E-state index contributed by atoms with van der Waals surface area (Å²) < 4.78 is 5.14. The van der Waals surface area contributed by atoms with E-state index in [1.54, 1.807) is 7.11 Å². The van der Waals surface area contributed by atoms with Crippen molar-refractivity contribution in [1.82, 2.24) is 10.2 Å². The molecule has 0 radical (unpaired) electrons. The number of hydrogen-bond acceptors (Lipinski definition) is 4. The number of nitrogens with one attached hydrogen (secondary N) is 1. The lowest BCUT2D eigenvalue weighted by atomic mass is 10.0. The van der Waals surface area contributed by atoms with Crippen molar-refractivity contribution in [2.24, 2.45) is 5.73 Å². The van der Waals surface area contributed by atoms with Crippen molar-refractivity contribution >= 4 is 24.2 Å². The number of ether oxygens (including phenoxy) is 1.